The van der Waals surface area contributed by atoms with E-state index in [4.69, 9.17) is 16.3 Å². The third kappa shape index (κ3) is 4.07. The molecule has 6 nitrogen and oxygen atoms in total. The maximum atomic E-state index is 12.4. The van der Waals surface area contributed by atoms with Crippen molar-refractivity contribution in [2.24, 2.45) is 0 Å². The monoisotopic (exact) mass is 389 g/mol. The second kappa shape index (κ2) is 7.63. The van der Waals surface area contributed by atoms with E-state index in [0.717, 1.165) is 5.69 Å². The van der Waals surface area contributed by atoms with Gasteiger partial charge in [0, 0.05) is 0 Å². The van der Waals surface area contributed by atoms with E-state index in [1.165, 1.54) is 18.3 Å². The number of nitrogens with one attached hydrogen (secondary N) is 2. The number of hydrogen-bond donors (Lipinski definition) is 2. The fourth-order valence-electron chi connectivity index (χ4n) is 2.29. The summed E-state index contributed by atoms with van der Waals surface area (Å²) in [6.07, 6.45) is 1.52. The first-order valence-electron chi connectivity index (χ1n) is 7.63. The van der Waals surface area contributed by atoms with Gasteiger partial charge in [0.1, 0.15) is 16.5 Å². The molecule has 0 aliphatic heterocycles. The van der Waals surface area contributed by atoms with E-state index in [0.29, 0.717) is 11.4 Å². The van der Waals surface area contributed by atoms with Crippen LogP contribution < -0.4 is 14.8 Å². The molecule has 26 heavy (non-hydrogen) atoms. The molecule has 134 valence electrons. The van der Waals surface area contributed by atoms with E-state index in [9.17, 15) is 8.42 Å². The molecular weight excluding hydrogens is 374 g/mol. The third-order valence-electron chi connectivity index (χ3n) is 3.51. The number of ether oxygens (including phenoxy) is 1. The van der Waals surface area contributed by atoms with Crippen LogP contribution in [0.25, 0.3) is 0 Å². The fourth-order valence-corrected chi connectivity index (χ4v) is 3.82. The van der Waals surface area contributed by atoms with Crippen LogP contribution in [-0.2, 0) is 10.0 Å². The molecule has 0 atom stereocenters. The summed E-state index contributed by atoms with van der Waals surface area (Å²) in [5.74, 6) is 0.881. The van der Waals surface area contributed by atoms with Gasteiger partial charge in [-0.3, -0.25) is 4.72 Å². The highest BCUT2D eigenvalue weighted by molar-refractivity contribution is 7.92. The number of halogens is 1. The van der Waals surface area contributed by atoms with Crippen LogP contribution in [0.5, 0.6) is 5.75 Å². The SMILES string of the molecule is COc1ccccc1Nc1ccc(NS(=O)(=O)c2ccccc2Cl)nc1. The number of benzene rings is 2. The first kappa shape index (κ1) is 18.0. The topological polar surface area (TPSA) is 80.3 Å². The van der Waals surface area contributed by atoms with Crippen LogP contribution in [-0.4, -0.2) is 20.5 Å². The minimum atomic E-state index is -3.81. The number of rotatable bonds is 6. The molecule has 0 saturated carbocycles. The van der Waals surface area contributed by atoms with E-state index in [1.807, 2.05) is 24.3 Å². The number of methoxy groups -OCH3 is 1. The van der Waals surface area contributed by atoms with Crippen molar-refractivity contribution in [2.45, 2.75) is 4.90 Å². The summed E-state index contributed by atoms with van der Waals surface area (Å²) in [6, 6.07) is 16.9. The zero-order valence-electron chi connectivity index (χ0n) is 13.8. The van der Waals surface area contributed by atoms with Gasteiger partial charge in [0.05, 0.1) is 29.7 Å². The maximum Gasteiger partial charge on any atom is 0.264 e. The van der Waals surface area contributed by atoms with Gasteiger partial charge in [-0.05, 0) is 36.4 Å². The summed E-state index contributed by atoms with van der Waals surface area (Å²) < 4.78 is 32.5. The molecule has 0 radical (unpaired) electrons. The first-order valence-corrected chi connectivity index (χ1v) is 9.49. The molecule has 0 fully saturated rings. The van der Waals surface area contributed by atoms with Crippen molar-refractivity contribution < 1.29 is 13.2 Å². The lowest BCUT2D eigenvalue weighted by Crippen LogP contribution is -2.14. The lowest BCUT2D eigenvalue weighted by Gasteiger charge is -2.12. The molecule has 0 spiro atoms. The number of nitrogens with zero attached hydrogens (tertiary/aromatic N) is 1. The Balaban J connectivity index is 1.77. The molecule has 3 rings (SSSR count). The van der Waals surface area contributed by atoms with Gasteiger partial charge in [0.25, 0.3) is 10.0 Å². The van der Waals surface area contributed by atoms with Crippen molar-refractivity contribution in [3.05, 3.63) is 71.9 Å². The van der Waals surface area contributed by atoms with Gasteiger partial charge in [-0.25, -0.2) is 13.4 Å². The number of hydrogen-bond acceptors (Lipinski definition) is 5. The van der Waals surface area contributed by atoms with Crippen LogP contribution in [0.4, 0.5) is 17.2 Å². The van der Waals surface area contributed by atoms with Gasteiger partial charge < -0.3 is 10.1 Å². The van der Waals surface area contributed by atoms with Gasteiger partial charge in [-0.15, -0.1) is 0 Å². The molecule has 2 aromatic carbocycles. The number of aromatic nitrogens is 1. The predicted molar refractivity (Wildman–Crippen MR) is 103 cm³/mol. The zero-order chi connectivity index (χ0) is 18.6. The molecule has 0 bridgehead atoms. The second-order valence-corrected chi connectivity index (χ2v) is 7.35. The van der Waals surface area contributed by atoms with Crippen molar-refractivity contribution in [1.82, 2.24) is 4.98 Å². The molecule has 1 aromatic heterocycles. The molecule has 0 aliphatic carbocycles. The minimum Gasteiger partial charge on any atom is -0.495 e. The number of anilines is 3. The van der Waals surface area contributed by atoms with Crippen LogP contribution in [0, 0.1) is 0 Å². The molecule has 2 N–H and O–H groups in total. The van der Waals surface area contributed by atoms with Gasteiger partial charge in [0.15, 0.2) is 0 Å². The normalized spacial score (nSPS) is 11.0. The van der Waals surface area contributed by atoms with E-state index < -0.39 is 10.0 Å². The van der Waals surface area contributed by atoms with E-state index in [1.54, 1.807) is 31.4 Å². The second-order valence-electron chi connectivity index (χ2n) is 5.29. The average molecular weight is 390 g/mol. The van der Waals surface area contributed by atoms with Crippen molar-refractivity contribution >= 4 is 38.8 Å². The van der Waals surface area contributed by atoms with E-state index >= 15 is 0 Å². The van der Waals surface area contributed by atoms with E-state index in [-0.39, 0.29) is 15.7 Å². The van der Waals surface area contributed by atoms with Gasteiger partial charge in [0.2, 0.25) is 0 Å². The highest BCUT2D eigenvalue weighted by Gasteiger charge is 2.17. The summed E-state index contributed by atoms with van der Waals surface area (Å²) >= 11 is 5.96. The number of pyridine rings is 1. The summed E-state index contributed by atoms with van der Waals surface area (Å²) in [4.78, 5) is 4.13. The largest absolute Gasteiger partial charge is 0.495 e. The Hall–Kier alpha value is -2.77. The molecule has 1 heterocycles. The zero-order valence-corrected chi connectivity index (χ0v) is 15.4. The van der Waals surface area contributed by atoms with Crippen molar-refractivity contribution in [3.8, 4) is 5.75 Å². The Kier molecular flexibility index (Phi) is 5.29. The molecular formula is C18H16ClN3O3S. The van der Waals surface area contributed by atoms with Gasteiger partial charge >= 0.3 is 0 Å². The van der Waals surface area contributed by atoms with Crippen LogP contribution in [0.15, 0.2) is 71.8 Å². The first-order chi connectivity index (χ1) is 12.5. The molecule has 3 aromatic rings. The Morgan fingerprint density at radius 3 is 2.42 bits per heavy atom. The third-order valence-corrected chi connectivity index (χ3v) is 5.37. The van der Waals surface area contributed by atoms with Crippen LogP contribution >= 0.6 is 11.6 Å². The van der Waals surface area contributed by atoms with Crippen LogP contribution in [0.3, 0.4) is 0 Å². The van der Waals surface area contributed by atoms with Crippen molar-refractivity contribution in [1.29, 1.82) is 0 Å². The molecule has 0 aliphatic rings. The van der Waals surface area contributed by atoms with Gasteiger partial charge in [-0.2, -0.15) is 0 Å². The average Bonchev–Trinajstić information content (AvgIpc) is 2.64. The number of para-hydroxylation sites is 2. The fraction of sp³-hybridized carbons (Fsp3) is 0.0556. The lowest BCUT2D eigenvalue weighted by molar-refractivity contribution is 0.417. The Morgan fingerprint density at radius 2 is 1.73 bits per heavy atom. The maximum absolute atomic E-state index is 12.4. The Bertz CT molecular complexity index is 1010. The highest BCUT2D eigenvalue weighted by Crippen LogP contribution is 2.27. The smallest absolute Gasteiger partial charge is 0.264 e. The van der Waals surface area contributed by atoms with Crippen LogP contribution in [0.1, 0.15) is 0 Å². The summed E-state index contributed by atoms with van der Waals surface area (Å²) in [5.41, 5.74) is 1.47. The summed E-state index contributed by atoms with van der Waals surface area (Å²) in [5, 5.41) is 3.32. The molecule has 8 heteroatoms. The number of sulfonamides is 1. The molecule has 0 amide bonds. The summed E-state index contributed by atoms with van der Waals surface area (Å²) in [6.45, 7) is 0. The minimum absolute atomic E-state index is 0.000287. The lowest BCUT2D eigenvalue weighted by atomic mass is 10.3. The summed E-state index contributed by atoms with van der Waals surface area (Å²) in [7, 11) is -2.22. The highest BCUT2D eigenvalue weighted by atomic mass is 35.5. The quantitative estimate of drug-likeness (QED) is 0.657. The Morgan fingerprint density at radius 1 is 1.00 bits per heavy atom. The van der Waals surface area contributed by atoms with Gasteiger partial charge in [-0.1, -0.05) is 35.9 Å². The standard InChI is InChI=1S/C18H16ClN3O3S/c1-25-16-8-4-3-7-15(16)21-13-10-11-18(20-12-13)22-26(23,24)17-9-5-2-6-14(17)19/h2-12,21H,1H3,(H,20,22). The van der Waals surface area contributed by atoms with Crippen molar-refractivity contribution in [2.75, 3.05) is 17.1 Å². The van der Waals surface area contributed by atoms with E-state index in [2.05, 4.69) is 15.0 Å². The predicted octanol–water partition coefficient (Wildman–Crippen LogP) is 4.29. The van der Waals surface area contributed by atoms with Crippen LogP contribution in [0.2, 0.25) is 5.02 Å². The Labute approximate surface area is 156 Å². The molecule has 0 unspecified atom stereocenters. The van der Waals surface area contributed by atoms with Crippen molar-refractivity contribution in [3.63, 3.8) is 0 Å². The molecule has 0 saturated heterocycles.